The lowest BCUT2D eigenvalue weighted by Gasteiger charge is -2.10. The summed E-state index contributed by atoms with van der Waals surface area (Å²) in [5, 5.41) is 4.44. The Morgan fingerprint density at radius 3 is 3.06 bits per heavy atom. The van der Waals surface area contributed by atoms with Crippen molar-refractivity contribution in [1.82, 2.24) is 19.6 Å². The van der Waals surface area contributed by atoms with E-state index in [1.165, 1.54) is 6.33 Å². The second-order valence-corrected chi connectivity index (χ2v) is 4.22. The van der Waals surface area contributed by atoms with Gasteiger partial charge in [-0.3, -0.25) is 0 Å². The summed E-state index contributed by atoms with van der Waals surface area (Å²) in [5.41, 5.74) is 1.82. The lowest BCUT2D eigenvalue weighted by molar-refractivity contribution is 0.298. The molecule has 6 heteroatoms. The summed E-state index contributed by atoms with van der Waals surface area (Å²) in [4.78, 5) is 8.08. The van der Waals surface area contributed by atoms with Crippen LogP contribution in [0.25, 0.3) is 5.78 Å². The molecule has 0 aliphatic rings. The Morgan fingerprint density at radius 2 is 2.35 bits per heavy atom. The number of hydrogen-bond donors (Lipinski definition) is 0. The van der Waals surface area contributed by atoms with Gasteiger partial charge in [0.15, 0.2) is 0 Å². The molecule has 2 aromatic rings. The fraction of sp³-hybridized carbons (Fsp3) is 0.364. The van der Waals surface area contributed by atoms with Gasteiger partial charge in [0.2, 0.25) is 5.88 Å². The molecule has 0 bridgehead atoms. The van der Waals surface area contributed by atoms with Gasteiger partial charge < -0.3 is 4.74 Å². The first kappa shape index (κ1) is 11.9. The topological polar surface area (TPSA) is 52.3 Å². The highest BCUT2D eigenvalue weighted by Crippen LogP contribution is 2.24. The molecule has 2 heterocycles. The van der Waals surface area contributed by atoms with Crippen LogP contribution in [-0.2, 0) is 0 Å². The predicted molar refractivity (Wildman–Crippen MR) is 65.5 cm³/mol. The lowest BCUT2D eigenvalue weighted by Crippen LogP contribution is -2.06. The molecule has 0 atom stereocenters. The number of halogens is 1. The molecule has 0 N–H and O–H groups in total. The quantitative estimate of drug-likeness (QED) is 0.620. The summed E-state index contributed by atoms with van der Waals surface area (Å²) in [6.45, 7) is 8.16. The maximum atomic E-state index is 6.00. The summed E-state index contributed by atoms with van der Waals surface area (Å²) < 4.78 is 7.22. The standard InChI is InChI=1S/C11H13ClN4O/c1-7(2)4-5-17-10-8(3)9(12)15-11-13-6-14-16(10)11/h6H,1,4-5H2,2-3H3. The van der Waals surface area contributed by atoms with Gasteiger partial charge in [0.25, 0.3) is 5.78 Å². The van der Waals surface area contributed by atoms with Crippen molar-refractivity contribution >= 4 is 17.4 Å². The molecular formula is C11H13ClN4O. The Labute approximate surface area is 104 Å². The molecule has 17 heavy (non-hydrogen) atoms. The van der Waals surface area contributed by atoms with Crippen LogP contribution in [0.15, 0.2) is 18.5 Å². The zero-order valence-electron chi connectivity index (χ0n) is 9.77. The van der Waals surface area contributed by atoms with Crippen LogP contribution in [-0.4, -0.2) is 26.2 Å². The van der Waals surface area contributed by atoms with Gasteiger partial charge in [0.05, 0.1) is 6.61 Å². The van der Waals surface area contributed by atoms with Gasteiger partial charge in [-0.1, -0.05) is 17.2 Å². The normalized spacial score (nSPS) is 10.8. The van der Waals surface area contributed by atoms with E-state index in [0.717, 1.165) is 17.6 Å². The van der Waals surface area contributed by atoms with Gasteiger partial charge in [0.1, 0.15) is 11.5 Å². The van der Waals surface area contributed by atoms with E-state index in [1.807, 2.05) is 13.8 Å². The highest BCUT2D eigenvalue weighted by molar-refractivity contribution is 6.30. The Bertz CT molecular complexity index is 564. The monoisotopic (exact) mass is 252 g/mol. The van der Waals surface area contributed by atoms with Crippen molar-refractivity contribution in [2.24, 2.45) is 0 Å². The average molecular weight is 253 g/mol. The largest absolute Gasteiger partial charge is 0.477 e. The van der Waals surface area contributed by atoms with Crippen LogP contribution in [0, 0.1) is 6.92 Å². The van der Waals surface area contributed by atoms with Crippen molar-refractivity contribution < 1.29 is 4.74 Å². The van der Waals surface area contributed by atoms with E-state index in [0.29, 0.717) is 23.4 Å². The van der Waals surface area contributed by atoms with Crippen LogP contribution >= 0.6 is 11.6 Å². The number of nitrogens with zero attached hydrogens (tertiary/aromatic N) is 4. The number of rotatable bonds is 4. The molecule has 0 radical (unpaired) electrons. The average Bonchev–Trinajstić information content (AvgIpc) is 2.70. The maximum absolute atomic E-state index is 6.00. The van der Waals surface area contributed by atoms with E-state index < -0.39 is 0 Å². The first-order chi connectivity index (χ1) is 8.09. The lowest BCUT2D eigenvalue weighted by atomic mass is 10.3. The van der Waals surface area contributed by atoms with Crippen molar-refractivity contribution in [3.63, 3.8) is 0 Å². The fourth-order valence-corrected chi connectivity index (χ4v) is 1.52. The van der Waals surface area contributed by atoms with Gasteiger partial charge in [-0.15, -0.1) is 6.58 Å². The number of hydrogen-bond acceptors (Lipinski definition) is 4. The molecule has 0 aromatic carbocycles. The highest BCUT2D eigenvalue weighted by Gasteiger charge is 2.13. The van der Waals surface area contributed by atoms with Crippen molar-refractivity contribution in [2.45, 2.75) is 20.3 Å². The molecule has 0 aliphatic carbocycles. The number of aromatic nitrogens is 4. The van der Waals surface area contributed by atoms with E-state index in [1.54, 1.807) is 4.52 Å². The summed E-state index contributed by atoms with van der Waals surface area (Å²) in [5.74, 6) is 1.02. The summed E-state index contributed by atoms with van der Waals surface area (Å²) >= 11 is 6.00. The fourth-order valence-electron chi connectivity index (χ4n) is 1.36. The van der Waals surface area contributed by atoms with Crippen LogP contribution in [0.2, 0.25) is 5.15 Å². The van der Waals surface area contributed by atoms with E-state index in [4.69, 9.17) is 16.3 Å². The predicted octanol–water partition coefficient (Wildman–Crippen LogP) is 2.43. The third-order valence-electron chi connectivity index (χ3n) is 2.32. The van der Waals surface area contributed by atoms with Crippen LogP contribution in [0.5, 0.6) is 5.88 Å². The second-order valence-electron chi connectivity index (χ2n) is 3.86. The Morgan fingerprint density at radius 1 is 1.59 bits per heavy atom. The third-order valence-corrected chi connectivity index (χ3v) is 2.69. The molecule has 0 spiro atoms. The molecule has 0 amide bonds. The molecule has 0 saturated carbocycles. The van der Waals surface area contributed by atoms with Gasteiger partial charge in [-0.05, 0) is 13.8 Å². The van der Waals surface area contributed by atoms with E-state index in [9.17, 15) is 0 Å². The van der Waals surface area contributed by atoms with Gasteiger partial charge >= 0.3 is 0 Å². The molecule has 0 aliphatic heterocycles. The van der Waals surface area contributed by atoms with E-state index in [-0.39, 0.29) is 0 Å². The highest BCUT2D eigenvalue weighted by atomic mass is 35.5. The van der Waals surface area contributed by atoms with Gasteiger partial charge in [0, 0.05) is 12.0 Å². The molecule has 90 valence electrons. The minimum atomic E-state index is 0.385. The Kier molecular flexibility index (Phi) is 3.28. The Balaban J connectivity index is 2.33. The minimum absolute atomic E-state index is 0.385. The van der Waals surface area contributed by atoms with Crippen LogP contribution in [0.3, 0.4) is 0 Å². The molecule has 0 saturated heterocycles. The van der Waals surface area contributed by atoms with Crippen LogP contribution < -0.4 is 4.74 Å². The summed E-state index contributed by atoms with van der Waals surface area (Å²) in [6.07, 6.45) is 2.21. The van der Waals surface area contributed by atoms with E-state index >= 15 is 0 Å². The first-order valence-electron chi connectivity index (χ1n) is 5.22. The van der Waals surface area contributed by atoms with Gasteiger partial charge in [-0.25, -0.2) is 0 Å². The van der Waals surface area contributed by atoms with Gasteiger partial charge in [-0.2, -0.15) is 19.6 Å². The molecule has 0 unspecified atom stereocenters. The van der Waals surface area contributed by atoms with Crippen molar-refractivity contribution in [1.29, 1.82) is 0 Å². The maximum Gasteiger partial charge on any atom is 0.256 e. The number of ether oxygens (including phenoxy) is 1. The molecular weight excluding hydrogens is 240 g/mol. The summed E-state index contributed by atoms with van der Waals surface area (Å²) in [6, 6.07) is 0. The SMILES string of the molecule is C=C(C)CCOc1c(C)c(Cl)nc2ncnn12. The number of fused-ring (bicyclic) bond motifs is 1. The zero-order chi connectivity index (χ0) is 12.4. The second kappa shape index (κ2) is 4.71. The van der Waals surface area contributed by atoms with Crippen molar-refractivity contribution in [2.75, 3.05) is 6.61 Å². The molecule has 2 aromatic heterocycles. The van der Waals surface area contributed by atoms with Crippen molar-refractivity contribution in [3.8, 4) is 5.88 Å². The first-order valence-corrected chi connectivity index (χ1v) is 5.60. The smallest absolute Gasteiger partial charge is 0.256 e. The van der Waals surface area contributed by atoms with Crippen molar-refractivity contribution in [3.05, 3.63) is 29.2 Å². The van der Waals surface area contributed by atoms with E-state index in [2.05, 4.69) is 21.6 Å². The third kappa shape index (κ3) is 2.39. The Hall–Kier alpha value is -1.62. The molecule has 0 fully saturated rings. The van der Waals surface area contributed by atoms with Crippen LogP contribution in [0.1, 0.15) is 18.9 Å². The summed E-state index contributed by atoms with van der Waals surface area (Å²) in [7, 11) is 0. The zero-order valence-corrected chi connectivity index (χ0v) is 10.5. The molecule has 2 rings (SSSR count). The van der Waals surface area contributed by atoms with Crippen LogP contribution in [0.4, 0.5) is 0 Å². The molecule has 5 nitrogen and oxygen atoms in total. The minimum Gasteiger partial charge on any atom is -0.477 e.